The van der Waals surface area contributed by atoms with Gasteiger partial charge in [-0.2, -0.15) is 0 Å². The average Bonchev–Trinajstić information content (AvgIpc) is 3.10. The van der Waals surface area contributed by atoms with Gasteiger partial charge in [0.15, 0.2) is 23.3 Å². The van der Waals surface area contributed by atoms with Crippen LogP contribution in [0.2, 0.25) is 0 Å². The summed E-state index contributed by atoms with van der Waals surface area (Å²) in [5, 5.41) is 0. The third-order valence-electron chi connectivity index (χ3n) is 2.80. The van der Waals surface area contributed by atoms with E-state index in [1.807, 2.05) is 0 Å². The molecule has 0 saturated heterocycles. The van der Waals surface area contributed by atoms with E-state index < -0.39 is 34.4 Å². The molecule has 102 valence electrons. The Morgan fingerprint density at radius 1 is 0.600 bits per heavy atom. The Hall–Kier alpha value is -2.50. The molecule has 0 fully saturated rings. The standard InChI is InChI=1S/C14H6F4O2/c15-11-9(7-3-1-5-19-7)12(16)14(18)10(13(11)17)8-4-2-6-20-8/h1-6H. The maximum absolute atomic E-state index is 14.0. The van der Waals surface area contributed by atoms with E-state index in [-0.39, 0.29) is 11.5 Å². The molecule has 0 unspecified atom stereocenters. The van der Waals surface area contributed by atoms with E-state index in [0.29, 0.717) is 0 Å². The lowest BCUT2D eigenvalue weighted by Gasteiger charge is -2.09. The van der Waals surface area contributed by atoms with Gasteiger partial charge >= 0.3 is 0 Å². The van der Waals surface area contributed by atoms with E-state index >= 15 is 0 Å². The molecule has 2 aromatic heterocycles. The molecule has 20 heavy (non-hydrogen) atoms. The van der Waals surface area contributed by atoms with E-state index in [9.17, 15) is 17.6 Å². The van der Waals surface area contributed by atoms with Crippen molar-refractivity contribution >= 4 is 0 Å². The average molecular weight is 282 g/mol. The fourth-order valence-electron chi connectivity index (χ4n) is 1.91. The predicted octanol–water partition coefficient (Wildman–Crippen LogP) is 4.76. The van der Waals surface area contributed by atoms with E-state index in [4.69, 9.17) is 8.83 Å². The second-order valence-electron chi connectivity index (χ2n) is 3.96. The minimum atomic E-state index is -1.54. The fraction of sp³-hybridized carbons (Fsp3) is 0. The van der Waals surface area contributed by atoms with E-state index in [1.54, 1.807) is 0 Å². The number of halogens is 4. The first-order valence-corrected chi connectivity index (χ1v) is 5.55. The van der Waals surface area contributed by atoms with Crippen LogP contribution in [0.1, 0.15) is 0 Å². The van der Waals surface area contributed by atoms with Gasteiger partial charge < -0.3 is 8.83 Å². The van der Waals surface area contributed by atoms with Crippen molar-refractivity contribution in [3.05, 3.63) is 60.1 Å². The maximum atomic E-state index is 14.0. The van der Waals surface area contributed by atoms with Crippen molar-refractivity contribution in [3.63, 3.8) is 0 Å². The van der Waals surface area contributed by atoms with Gasteiger partial charge in [-0.1, -0.05) is 0 Å². The smallest absolute Gasteiger partial charge is 0.173 e. The van der Waals surface area contributed by atoms with Crippen molar-refractivity contribution in [1.82, 2.24) is 0 Å². The van der Waals surface area contributed by atoms with Crippen molar-refractivity contribution in [1.29, 1.82) is 0 Å². The van der Waals surface area contributed by atoms with Crippen LogP contribution >= 0.6 is 0 Å². The molecule has 6 heteroatoms. The van der Waals surface area contributed by atoms with Crippen molar-refractivity contribution in [3.8, 4) is 22.6 Å². The fourth-order valence-corrected chi connectivity index (χ4v) is 1.91. The quantitative estimate of drug-likeness (QED) is 0.500. The SMILES string of the molecule is Fc1c(F)c(-c2ccco2)c(F)c(F)c1-c1ccco1. The van der Waals surface area contributed by atoms with Gasteiger partial charge in [-0.3, -0.25) is 0 Å². The zero-order chi connectivity index (χ0) is 14.3. The summed E-state index contributed by atoms with van der Waals surface area (Å²) in [6, 6.07) is 5.11. The highest BCUT2D eigenvalue weighted by Crippen LogP contribution is 2.36. The van der Waals surface area contributed by atoms with Crippen LogP contribution in [0.5, 0.6) is 0 Å². The molecular formula is C14H6F4O2. The number of hydrogen-bond acceptors (Lipinski definition) is 2. The summed E-state index contributed by atoms with van der Waals surface area (Å²) in [4.78, 5) is 0. The summed E-state index contributed by atoms with van der Waals surface area (Å²) in [6.45, 7) is 0. The van der Waals surface area contributed by atoms with Gasteiger partial charge in [-0.25, -0.2) is 17.6 Å². The van der Waals surface area contributed by atoms with E-state index in [1.165, 1.54) is 24.3 Å². The second-order valence-corrected chi connectivity index (χ2v) is 3.96. The summed E-state index contributed by atoms with van der Waals surface area (Å²) < 4.78 is 65.5. The molecule has 1 aromatic carbocycles. The van der Waals surface area contributed by atoms with Gasteiger partial charge in [-0.15, -0.1) is 0 Å². The second kappa shape index (κ2) is 4.56. The summed E-state index contributed by atoms with van der Waals surface area (Å²) in [6.07, 6.45) is 2.29. The van der Waals surface area contributed by atoms with Gasteiger partial charge in [0.05, 0.1) is 23.7 Å². The first-order valence-electron chi connectivity index (χ1n) is 5.55. The van der Waals surface area contributed by atoms with Crippen LogP contribution in [0.4, 0.5) is 17.6 Å². The van der Waals surface area contributed by atoms with Crippen LogP contribution in [0.3, 0.4) is 0 Å². The summed E-state index contributed by atoms with van der Waals surface area (Å²) in [5.41, 5.74) is -1.78. The van der Waals surface area contributed by atoms with Crippen LogP contribution in [-0.4, -0.2) is 0 Å². The van der Waals surface area contributed by atoms with E-state index in [0.717, 1.165) is 12.5 Å². The van der Waals surface area contributed by atoms with E-state index in [2.05, 4.69) is 0 Å². The number of furan rings is 2. The van der Waals surface area contributed by atoms with Crippen LogP contribution in [0.15, 0.2) is 45.6 Å². The van der Waals surface area contributed by atoms with Gasteiger partial charge in [0.1, 0.15) is 11.5 Å². The third kappa shape index (κ3) is 1.72. The van der Waals surface area contributed by atoms with Crippen molar-refractivity contribution in [2.24, 2.45) is 0 Å². The van der Waals surface area contributed by atoms with Crippen LogP contribution in [0, 0.1) is 23.3 Å². The molecular weight excluding hydrogens is 276 g/mol. The Labute approximate surface area is 110 Å². The van der Waals surface area contributed by atoms with Crippen molar-refractivity contribution in [2.45, 2.75) is 0 Å². The lowest BCUT2D eigenvalue weighted by atomic mass is 10.0. The monoisotopic (exact) mass is 282 g/mol. The molecule has 0 aliphatic rings. The summed E-state index contributed by atoms with van der Waals surface area (Å²) in [5.74, 6) is -6.75. The van der Waals surface area contributed by atoms with Crippen LogP contribution in [0.25, 0.3) is 22.6 Å². The normalized spacial score (nSPS) is 11.0. The summed E-state index contributed by atoms with van der Waals surface area (Å²) >= 11 is 0. The first-order chi connectivity index (χ1) is 9.61. The molecule has 0 amide bonds. The van der Waals surface area contributed by atoms with Crippen LogP contribution < -0.4 is 0 Å². The molecule has 0 spiro atoms. The largest absolute Gasteiger partial charge is 0.464 e. The molecule has 0 atom stereocenters. The highest BCUT2D eigenvalue weighted by Gasteiger charge is 2.29. The zero-order valence-corrected chi connectivity index (χ0v) is 9.79. The number of hydrogen-bond donors (Lipinski definition) is 0. The molecule has 0 bridgehead atoms. The lowest BCUT2D eigenvalue weighted by Crippen LogP contribution is -2.02. The minimum absolute atomic E-state index is 0.302. The highest BCUT2D eigenvalue weighted by molar-refractivity contribution is 5.68. The van der Waals surface area contributed by atoms with Crippen molar-refractivity contribution in [2.75, 3.05) is 0 Å². The topological polar surface area (TPSA) is 26.3 Å². The molecule has 2 nitrogen and oxygen atoms in total. The Morgan fingerprint density at radius 3 is 1.20 bits per heavy atom. The maximum Gasteiger partial charge on any atom is 0.173 e. The molecule has 0 radical (unpaired) electrons. The van der Waals surface area contributed by atoms with Gasteiger partial charge in [-0.05, 0) is 24.3 Å². The highest BCUT2D eigenvalue weighted by atomic mass is 19.2. The van der Waals surface area contributed by atoms with Gasteiger partial charge in [0, 0.05) is 0 Å². The number of rotatable bonds is 2. The molecule has 0 saturated carbocycles. The van der Waals surface area contributed by atoms with Crippen molar-refractivity contribution < 1.29 is 26.4 Å². The summed E-state index contributed by atoms with van der Waals surface area (Å²) in [7, 11) is 0. The zero-order valence-electron chi connectivity index (χ0n) is 9.79. The lowest BCUT2D eigenvalue weighted by molar-refractivity contribution is 0.449. The minimum Gasteiger partial charge on any atom is -0.464 e. The number of benzene rings is 1. The van der Waals surface area contributed by atoms with Gasteiger partial charge in [0.2, 0.25) is 0 Å². The molecule has 0 aliphatic carbocycles. The predicted molar refractivity (Wildman–Crippen MR) is 61.7 cm³/mol. The molecule has 0 aliphatic heterocycles. The Morgan fingerprint density at radius 2 is 0.950 bits per heavy atom. The molecule has 3 rings (SSSR count). The Bertz CT molecular complexity index is 652. The molecule has 2 heterocycles. The third-order valence-corrected chi connectivity index (χ3v) is 2.80. The van der Waals surface area contributed by atoms with Gasteiger partial charge in [0.25, 0.3) is 0 Å². The first kappa shape index (κ1) is 12.5. The van der Waals surface area contributed by atoms with Crippen LogP contribution in [-0.2, 0) is 0 Å². The Kier molecular flexibility index (Phi) is 2.85. The Balaban J connectivity index is 2.33. The molecule has 3 aromatic rings. The molecule has 0 N–H and O–H groups in total.